The minimum absolute atomic E-state index is 0.0751. The molecule has 0 spiro atoms. The van der Waals surface area contributed by atoms with Crippen LogP contribution in [0.5, 0.6) is 5.88 Å². The summed E-state index contributed by atoms with van der Waals surface area (Å²) in [5, 5.41) is 3.92. The third-order valence-electron chi connectivity index (χ3n) is 7.54. The molecule has 12 heteroatoms. The molecule has 40 heavy (non-hydrogen) atoms. The van der Waals surface area contributed by atoms with E-state index in [4.69, 9.17) is 44.2 Å². The van der Waals surface area contributed by atoms with Crippen LogP contribution in [-0.4, -0.2) is 73.8 Å². The lowest BCUT2D eigenvalue weighted by atomic mass is 9.74. The molecular weight excluding hydrogens is 555 g/mol. The number of aromatic amines is 1. The summed E-state index contributed by atoms with van der Waals surface area (Å²) in [6, 6.07) is 4.97. The first-order valence-electron chi connectivity index (χ1n) is 13.2. The smallest absolute Gasteiger partial charge is 0.402 e. The maximum atomic E-state index is 14.5. The molecule has 5 rings (SSSR count). The number of H-pyrrole nitrogens is 1. The Labute approximate surface area is 242 Å². The van der Waals surface area contributed by atoms with Gasteiger partial charge in [-0.05, 0) is 64.7 Å². The lowest BCUT2D eigenvalue weighted by molar-refractivity contribution is -0.0274. The van der Waals surface area contributed by atoms with Crippen molar-refractivity contribution in [3.63, 3.8) is 0 Å². The number of likely N-dealkylation sites (tertiary alicyclic amines) is 1. The number of nitrogens with one attached hydrogen (secondary N) is 1. The van der Waals surface area contributed by atoms with Gasteiger partial charge in [-0.15, -0.1) is 0 Å². The summed E-state index contributed by atoms with van der Waals surface area (Å²) in [6.45, 7) is 19.9. The van der Waals surface area contributed by atoms with E-state index in [9.17, 15) is 9.59 Å². The number of benzene rings is 1. The zero-order valence-corrected chi connectivity index (χ0v) is 24.7. The lowest BCUT2D eigenvalue weighted by Gasteiger charge is -2.55. The van der Waals surface area contributed by atoms with Crippen molar-refractivity contribution >= 4 is 46.5 Å². The van der Waals surface area contributed by atoms with Crippen LogP contribution in [0.2, 0.25) is 10.0 Å². The van der Waals surface area contributed by atoms with Crippen LogP contribution in [0.1, 0.15) is 57.8 Å². The van der Waals surface area contributed by atoms with E-state index in [1.54, 1.807) is 18.2 Å². The number of morpholine rings is 1. The summed E-state index contributed by atoms with van der Waals surface area (Å²) in [5.74, 6) is 0.316. The summed E-state index contributed by atoms with van der Waals surface area (Å²) in [7, 11) is 0. The molecule has 2 aliphatic heterocycles. The normalized spacial score (nSPS) is 19.1. The highest BCUT2D eigenvalue weighted by Crippen LogP contribution is 2.46. The third-order valence-corrected chi connectivity index (χ3v) is 7.97. The van der Waals surface area contributed by atoms with E-state index >= 15 is 0 Å². The molecule has 0 aliphatic carbocycles. The van der Waals surface area contributed by atoms with Gasteiger partial charge < -0.3 is 19.3 Å². The van der Waals surface area contributed by atoms with E-state index in [0.717, 1.165) is 12.8 Å². The molecule has 3 aromatic rings. The molecular formula is C28H32Cl2N6O4. The summed E-state index contributed by atoms with van der Waals surface area (Å²) in [6.07, 6.45) is 0.970. The van der Waals surface area contributed by atoms with Crippen molar-refractivity contribution in [2.45, 2.75) is 58.5 Å². The minimum atomic E-state index is -0.638. The molecule has 0 saturated carbocycles. The van der Waals surface area contributed by atoms with Gasteiger partial charge in [0.25, 0.3) is 5.69 Å². The first-order valence-corrected chi connectivity index (χ1v) is 14.0. The second-order valence-electron chi connectivity index (χ2n) is 11.8. The highest BCUT2D eigenvalue weighted by Gasteiger charge is 2.48. The van der Waals surface area contributed by atoms with Crippen molar-refractivity contribution in [2.75, 3.05) is 26.3 Å². The zero-order valence-electron chi connectivity index (χ0n) is 23.2. The number of fused-ring (bicyclic) bond motifs is 1. The molecule has 2 aromatic heterocycles. The minimum Gasteiger partial charge on any atom is -0.402 e. The molecule has 4 heterocycles. The van der Waals surface area contributed by atoms with E-state index < -0.39 is 17.2 Å². The summed E-state index contributed by atoms with van der Waals surface area (Å²) in [4.78, 5) is 39.4. The van der Waals surface area contributed by atoms with Crippen molar-refractivity contribution in [3.05, 3.63) is 45.2 Å². The van der Waals surface area contributed by atoms with Crippen molar-refractivity contribution in [2.24, 2.45) is 5.92 Å². The number of aromatic nitrogens is 3. The molecule has 2 saturated heterocycles. The van der Waals surface area contributed by atoms with Crippen LogP contribution in [-0.2, 0) is 4.74 Å². The van der Waals surface area contributed by atoms with E-state index in [2.05, 4.69) is 16.9 Å². The molecule has 0 atom stereocenters. The second-order valence-corrected chi connectivity index (χ2v) is 12.6. The Kier molecular flexibility index (Phi) is 7.27. The van der Waals surface area contributed by atoms with Gasteiger partial charge >= 0.3 is 6.09 Å². The monoisotopic (exact) mass is 586 g/mol. The molecule has 2 fully saturated rings. The molecule has 1 aromatic carbocycles. The van der Waals surface area contributed by atoms with Crippen LogP contribution in [0.15, 0.2) is 18.2 Å². The number of carbonyl (C=O) groups is 2. The van der Waals surface area contributed by atoms with Crippen LogP contribution in [0.4, 0.5) is 10.5 Å². The van der Waals surface area contributed by atoms with Crippen molar-refractivity contribution in [1.29, 1.82) is 0 Å². The van der Waals surface area contributed by atoms with Gasteiger partial charge in [-0.2, -0.15) is 0 Å². The molecule has 0 unspecified atom stereocenters. The average molecular weight is 588 g/mol. The van der Waals surface area contributed by atoms with Crippen LogP contribution in [0.3, 0.4) is 0 Å². The molecule has 0 bridgehead atoms. The Balaban J connectivity index is 1.69. The van der Waals surface area contributed by atoms with Gasteiger partial charge in [0.1, 0.15) is 0 Å². The highest BCUT2D eigenvalue weighted by molar-refractivity contribution is 6.35. The van der Waals surface area contributed by atoms with Gasteiger partial charge in [-0.1, -0.05) is 30.1 Å². The summed E-state index contributed by atoms with van der Waals surface area (Å²) < 4.78 is 12.5. The summed E-state index contributed by atoms with van der Waals surface area (Å²) in [5.41, 5.74) is -0.233. The van der Waals surface area contributed by atoms with Crippen LogP contribution in [0, 0.1) is 12.5 Å². The highest BCUT2D eigenvalue weighted by atomic mass is 35.5. The fraction of sp³-hybridized carbons (Fsp3) is 0.500. The maximum Gasteiger partial charge on any atom is 0.415 e. The number of carbonyl (C=O) groups excluding carboxylic acids is 2. The van der Waals surface area contributed by atoms with E-state index in [-0.39, 0.29) is 28.7 Å². The number of hydrogen-bond donors (Lipinski definition) is 1. The fourth-order valence-electron chi connectivity index (χ4n) is 6.52. The van der Waals surface area contributed by atoms with Gasteiger partial charge in [0, 0.05) is 39.8 Å². The second kappa shape index (κ2) is 10.3. The molecule has 2 amide bonds. The quantitative estimate of drug-likeness (QED) is 0.356. The largest absolute Gasteiger partial charge is 0.415 e. The topological polar surface area (TPSA) is 96.5 Å². The standard InChI is InChI=1S/C28H32Cl2N6O4/c1-16-14-27(2,3)36(28(4,5)15-16)24(37)20-21(31-6)25(40-26(38)34-7-9-39-10-8-34)35-23(20)32-22(33-35)17-11-18(29)13-19(30)12-17/h11-13,16H,7-10,14-15H2,1-5H3,(H,32,33). The number of ether oxygens (including phenoxy) is 2. The van der Waals surface area contributed by atoms with Crippen LogP contribution < -0.4 is 4.74 Å². The Bertz CT molecular complexity index is 1490. The van der Waals surface area contributed by atoms with Gasteiger partial charge in [0.05, 0.1) is 25.3 Å². The van der Waals surface area contributed by atoms with Gasteiger partial charge in [0.15, 0.2) is 11.5 Å². The average Bonchev–Trinajstić information content (AvgIpc) is 3.39. The van der Waals surface area contributed by atoms with Crippen molar-refractivity contribution < 1.29 is 19.1 Å². The Morgan fingerprint density at radius 2 is 1.70 bits per heavy atom. The fourth-order valence-corrected chi connectivity index (χ4v) is 7.05. The van der Waals surface area contributed by atoms with Crippen molar-refractivity contribution in [3.8, 4) is 17.3 Å². The molecule has 10 nitrogen and oxygen atoms in total. The first kappa shape index (κ1) is 28.3. The van der Waals surface area contributed by atoms with Crippen LogP contribution in [0.25, 0.3) is 21.9 Å². The van der Waals surface area contributed by atoms with Gasteiger partial charge in [-0.25, -0.2) is 19.1 Å². The van der Waals surface area contributed by atoms with Gasteiger partial charge in [0.2, 0.25) is 11.8 Å². The molecule has 1 N–H and O–H groups in total. The van der Waals surface area contributed by atoms with E-state index in [1.807, 2.05) is 32.6 Å². The number of nitrogens with zero attached hydrogens (tertiary/aromatic N) is 5. The molecule has 2 aliphatic rings. The maximum absolute atomic E-state index is 14.5. The SMILES string of the molecule is [C-]#[N+]c1c(C(=O)N2C(C)(C)CC(C)CC2(C)C)c2nc(-c3cc(Cl)cc(Cl)c3)[nH]n2c1OC(=O)N1CCOCC1. The Morgan fingerprint density at radius 1 is 1.10 bits per heavy atom. The van der Waals surface area contributed by atoms with E-state index in [0.29, 0.717) is 53.7 Å². The number of halogens is 2. The Hall–Kier alpha value is -3.26. The van der Waals surface area contributed by atoms with Gasteiger partial charge in [-0.3, -0.25) is 9.89 Å². The third kappa shape index (κ3) is 5.02. The molecule has 212 valence electrons. The number of hydrogen-bond acceptors (Lipinski definition) is 5. The number of amides is 2. The van der Waals surface area contributed by atoms with Crippen molar-refractivity contribution in [1.82, 2.24) is 24.4 Å². The predicted molar refractivity (Wildman–Crippen MR) is 152 cm³/mol. The first-order chi connectivity index (χ1) is 18.8. The predicted octanol–water partition coefficient (Wildman–Crippen LogP) is 6.45. The number of piperidine rings is 1. The molecule has 0 radical (unpaired) electrons. The Morgan fingerprint density at radius 3 is 2.27 bits per heavy atom. The lowest BCUT2D eigenvalue weighted by Crippen LogP contribution is -2.62. The van der Waals surface area contributed by atoms with E-state index in [1.165, 1.54) is 9.42 Å². The summed E-state index contributed by atoms with van der Waals surface area (Å²) >= 11 is 12.5. The van der Waals surface area contributed by atoms with Crippen LogP contribution >= 0.6 is 23.2 Å². The number of rotatable bonds is 3. The zero-order chi connectivity index (χ0) is 29.0.